The highest BCUT2D eigenvalue weighted by atomic mass is 16.1. The van der Waals surface area contributed by atoms with Gasteiger partial charge in [-0.1, -0.05) is 60.7 Å². The fourth-order valence-electron chi connectivity index (χ4n) is 2.14. The fourth-order valence-corrected chi connectivity index (χ4v) is 2.14. The van der Waals surface area contributed by atoms with Gasteiger partial charge >= 0.3 is 0 Å². The summed E-state index contributed by atoms with van der Waals surface area (Å²) in [6.45, 7) is 1.97. The van der Waals surface area contributed by atoms with Crippen LogP contribution in [-0.2, 0) is 4.79 Å². The minimum atomic E-state index is -0.265. The normalized spacial score (nSPS) is 13.5. The molecule has 2 unspecified atom stereocenters. The molecule has 0 fully saturated rings. The highest BCUT2D eigenvalue weighted by Crippen LogP contribution is 2.15. The van der Waals surface area contributed by atoms with Crippen molar-refractivity contribution in [2.45, 2.75) is 25.4 Å². The lowest BCUT2D eigenvalue weighted by atomic mass is 10.0. The first-order valence-corrected chi connectivity index (χ1v) is 6.81. The van der Waals surface area contributed by atoms with Gasteiger partial charge in [-0.15, -0.1) is 0 Å². The minimum absolute atomic E-state index is 0.00771. The number of hydrogen-bond donors (Lipinski definition) is 2. The number of carbonyl (C=O) groups is 1. The Balaban J connectivity index is 1.90. The number of nitrogens with two attached hydrogens (primary N) is 1. The summed E-state index contributed by atoms with van der Waals surface area (Å²) in [7, 11) is 0. The highest BCUT2D eigenvalue weighted by Gasteiger charge is 2.14. The summed E-state index contributed by atoms with van der Waals surface area (Å²) in [4.78, 5) is 12.0. The van der Waals surface area contributed by atoms with Gasteiger partial charge in [0, 0.05) is 12.5 Å². The average molecular weight is 268 g/mol. The Labute approximate surface area is 119 Å². The van der Waals surface area contributed by atoms with Gasteiger partial charge in [0.05, 0.1) is 6.04 Å². The lowest BCUT2D eigenvalue weighted by Crippen LogP contribution is -2.29. The molecule has 20 heavy (non-hydrogen) atoms. The van der Waals surface area contributed by atoms with Gasteiger partial charge < -0.3 is 11.1 Å². The van der Waals surface area contributed by atoms with E-state index in [0.717, 1.165) is 11.1 Å². The molecule has 1 amide bonds. The molecule has 0 heterocycles. The van der Waals surface area contributed by atoms with Crippen LogP contribution in [-0.4, -0.2) is 5.91 Å². The van der Waals surface area contributed by atoms with Crippen LogP contribution in [0, 0.1) is 0 Å². The van der Waals surface area contributed by atoms with Gasteiger partial charge in [0.1, 0.15) is 0 Å². The summed E-state index contributed by atoms with van der Waals surface area (Å²) < 4.78 is 0. The van der Waals surface area contributed by atoms with Gasteiger partial charge in [-0.25, -0.2) is 0 Å². The highest BCUT2D eigenvalue weighted by molar-refractivity contribution is 5.77. The van der Waals surface area contributed by atoms with Crippen molar-refractivity contribution < 1.29 is 4.79 Å². The van der Waals surface area contributed by atoms with Crippen LogP contribution in [0.15, 0.2) is 60.7 Å². The van der Waals surface area contributed by atoms with Crippen molar-refractivity contribution in [2.24, 2.45) is 5.73 Å². The maximum Gasteiger partial charge on any atom is 0.222 e. The molecule has 0 radical (unpaired) electrons. The van der Waals surface area contributed by atoms with Crippen LogP contribution < -0.4 is 11.1 Å². The van der Waals surface area contributed by atoms with E-state index >= 15 is 0 Å². The number of rotatable bonds is 5. The molecule has 0 saturated carbocycles. The summed E-state index contributed by atoms with van der Waals surface area (Å²) in [6.07, 6.45) is 0.293. The fraction of sp³-hybridized carbons (Fsp3) is 0.235. The molecule has 0 aliphatic carbocycles. The predicted molar refractivity (Wildman–Crippen MR) is 81.0 cm³/mol. The zero-order valence-corrected chi connectivity index (χ0v) is 11.6. The number of benzene rings is 2. The molecule has 2 aromatic carbocycles. The Morgan fingerprint density at radius 2 is 1.50 bits per heavy atom. The standard InChI is InChI=1S/C17H20N2O/c1-13(14-8-4-2-5-9-14)19-17(20)12-16(18)15-10-6-3-7-11-15/h2-11,13,16H,12,18H2,1H3,(H,19,20). The molecule has 2 rings (SSSR count). The van der Waals surface area contributed by atoms with E-state index in [1.54, 1.807) is 0 Å². The van der Waals surface area contributed by atoms with Crippen LogP contribution in [0.5, 0.6) is 0 Å². The summed E-state index contributed by atoms with van der Waals surface area (Å²) in [6, 6.07) is 19.3. The number of carbonyl (C=O) groups excluding carboxylic acids is 1. The van der Waals surface area contributed by atoms with E-state index in [9.17, 15) is 4.79 Å². The molecule has 0 aliphatic rings. The lowest BCUT2D eigenvalue weighted by Gasteiger charge is -2.17. The van der Waals surface area contributed by atoms with Crippen LogP contribution in [0.1, 0.15) is 36.6 Å². The Bertz CT molecular complexity index is 490. The number of hydrogen-bond acceptors (Lipinski definition) is 2. The monoisotopic (exact) mass is 268 g/mol. The van der Waals surface area contributed by atoms with E-state index in [2.05, 4.69) is 5.32 Å². The van der Waals surface area contributed by atoms with Crippen molar-refractivity contribution in [1.29, 1.82) is 0 Å². The molecule has 104 valence electrons. The third-order valence-electron chi connectivity index (χ3n) is 3.31. The van der Waals surface area contributed by atoms with Crippen molar-refractivity contribution in [2.75, 3.05) is 0 Å². The van der Waals surface area contributed by atoms with Crippen molar-refractivity contribution >= 4 is 5.91 Å². The van der Waals surface area contributed by atoms with Gasteiger partial charge in [-0.3, -0.25) is 4.79 Å². The lowest BCUT2D eigenvalue weighted by molar-refractivity contribution is -0.122. The van der Waals surface area contributed by atoms with Crippen molar-refractivity contribution in [3.05, 3.63) is 71.8 Å². The zero-order valence-electron chi connectivity index (χ0n) is 11.6. The van der Waals surface area contributed by atoms with Gasteiger partial charge in [-0.2, -0.15) is 0 Å². The van der Waals surface area contributed by atoms with Crippen LogP contribution in [0.2, 0.25) is 0 Å². The Morgan fingerprint density at radius 3 is 2.05 bits per heavy atom. The van der Waals surface area contributed by atoms with E-state index in [1.807, 2.05) is 67.6 Å². The second-order valence-electron chi connectivity index (χ2n) is 4.92. The molecule has 2 atom stereocenters. The largest absolute Gasteiger partial charge is 0.350 e. The molecule has 0 aliphatic heterocycles. The SMILES string of the molecule is CC(NC(=O)CC(N)c1ccccc1)c1ccccc1. The van der Waals surface area contributed by atoms with Crippen LogP contribution >= 0.6 is 0 Å². The molecule has 2 aromatic rings. The molecule has 3 nitrogen and oxygen atoms in total. The number of amides is 1. The van der Waals surface area contributed by atoms with Gasteiger partial charge in [-0.05, 0) is 18.1 Å². The molecule has 0 aromatic heterocycles. The van der Waals surface area contributed by atoms with Crippen molar-refractivity contribution in [3.63, 3.8) is 0 Å². The Morgan fingerprint density at radius 1 is 1.00 bits per heavy atom. The summed E-state index contributed by atoms with van der Waals surface area (Å²) >= 11 is 0. The second-order valence-corrected chi connectivity index (χ2v) is 4.92. The first-order chi connectivity index (χ1) is 9.66. The van der Waals surface area contributed by atoms with Crippen LogP contribution in [0.25, 0.3) is 0 Å². The smallest absolute Gasteiger partial charge is 0.222 e. The Hall–Kier alpha value is -2.13. The van der Waals surface area contributed by atoms with E-state index in [4.69, 9.17) is 5.73 Å². The summed E-state index contributed by atoms with van der Waals surface area (Å²) in [5.74, 6) is -0.0299. The van der Waals surface area contributed by atoms with Crippen LogP contribution in [0.3, 0.4) is 0 Å². The average Bonchev–Trinajstić information content (AvgIpc) is 2.49. The third kappa shape index (κ3) is 3.93. The van der Waals surface area contributed by atoms with Gasteiger partial charge in [0.25, 0.3) is 0 Å². The predicted octanol–water partition coefficient (Wildman–Crippen LogP) is 2.95. The molecular formula is C17H20N2O. The molecule has 3 heteroatoms. The van der Waals surface area contributed by atoms with E-state index < -0.39 is 0 Å². The first-order valence-electron chi connectivity index (χ1n) is 6.81. The second kappa shape index (κ2) is 6.87. The molecule has 0 saturated heterocycles. The van der Waals surface area contributed by atoms with Gasteiger partial charge in [0.15, 0.2) is 0 Å². The number of nitrogens with one attached hydrogen (secondary N) is 1. The minimum Gasteiger partial charge on any atom is -0.350 e. The van der Waals surface area contributed by atoms with Gasteiger partial charge in [0.2, 0.25) is 5.91 Å². The van der Waals surface area contributed by atoms with Crippen molar-refractivity contribution in [1.82, 2.24) is 5.32 Å². The van der Waals surface area contributed by atoms with E-state index in [0.29, 0.717) is 6.42 Å². The maximum atomic E-state index is 12.0. The van der Waals surface area contributed by atoms with E-state index in [-0.39, 0.29) is 18.0 Å². The quantitative estimate of drug-likeness (QED) is 0.876. The molecular weight excluding hydrogens is 248 g/mol. The third-order valence-corrected chi connectivity index (χ3v) is 3.31. The van der Waals surface area contributed by atoms with Crippen LogP contribution in [0.4, 0.5) is 0 Å². The molecule has 0 spiro atoms. The Kier molecular flexibility index (Phi) is 4.91. The van der Waals surface area contributed by atoms with E-state index in [1.165, 1.54) is 0 Å². The molecule has 3 N–H and O–H groups in total. The van der Waals surface area contributed by atoms with Crippen molar-refractivity contribution in [3.8, 4) is 0 Å². The maximum absolute atomic E-state index is 12.0. The summed E-state index contributed by atoms with van der Waals surface area (Å²) in [5.41, 5.74) is 8.12. The summed E-state index contributed by atoms with van der Waals surface area (Å²) in [5, 5.41) is 2.98. The topological polar surface area (TPSA) is 55.1 Å². The molecule has 0 bridgehead atoms. The first kappa shape index (κ1) is 14.3. The zero-order chi connectivity index (χ0) is 14.4.